The number of carboxylic acids is 4. The molecule has 0 heterocycles. The maximum Gasteiger partial charge on any atom is 0.336 e. The van der Waals surface area contributed by atoms with Gasteiger partial charge in [0.2, 0.25) is 0 Å². The average molecular weight is 440 g/mol. The number of ether oxygens (including phenoxy) is 2. The molecule has 3 rings (SSSR count). The lowest BCUT2D eigenvalue weighted by Gasteiger charge is -2.32. The van der Waals surface area contributed by atoms with Crippen LogP contribution in [0.25, 0.3) is 0 Å². The third kappa shape index (κ3) is 4.59. The van der Waals surface area contributed by atoms with E-state index in [2.05, 4.69) is 0 Å². The Kier molecular flexibility index (Phi) is 5.97. The smallest absolute Gasteiger partial charge is 0.336 e. The van der Waals surface area contributed by atoms with E-state index in [1.54, 1.807) is 18.2 Å². The molecule has 2 aromatic rings. The second-order valence-electron chi connectivity index (χ2n) is 6.64. The second-order valence-corrected chi connectivity index (χ2v) is 6.64. The van der Waals surface area contributed by atoms with Gasteiger partial charge >= 0.3 is 23.9 Å². The van der Waals surface area contributed by atoms with Crippen LogP contribution in [0, 0.1) is 0 Å². The van der Waals surface area contributed by atoms with Crippen molar-refractivity contribution in [2.24, 2.45) is 0 Å². The van der Waals surface area contributed by atoms with E-state index in [-0.39, 0.29) is 17.9 Å². The SMILES string of the molecule is O=C(O)c1ccc(OC2(Oc3ccc(C(=O)O)c(C(=O)O)c3)C=CC=CC2)cc1C(=O)O. The van der Waals surface area contributed by atoms with E-state index in [0.29, 0.717) is 0 Å². The number of aromatic carboxylic acids is 4. The van der Waals surface area contributed by atoms with E-state index >= 15 is 0 Å². The van der Waals surface area contributed by atoms with Gasteiger partial charge < -0.3 is 29.9 Å². The number of carboxylic acid groups (broad SMARTS) is 4. The van der Waals surface area contributed by atoms with Crippen molar-refractivity contribution in [3.8, 4) is 11.5 Å². The Morgan fingerprint density at radius 3 is 1.44 bits per heavy atom. The predicted octanol–water partition coefficient (Wildman–Crippen LogP) is 3.15. The molecule has 0 saturated heterocycles. The van der Waals surface area contributed by atoms with Crippen LogP contribution < -0.4 is 9.47 Å². The monoisotopic (exact) mass is 440 g/mol. The molecule has 1 aliphatic rings. The topological polar surface area (TPSA) is 168 Å². The summed E-state index contributed by atoms with van der Waals surface area (Å²) in [6, 6.07) is 6.79. The molecule has 0 aromatic heterocycles. The molecular formula is C22H16O10. The summed E-state index contributed by atoms with van der Waals surface area (Å²) in [5.41, 5.74) is -1.82. The van der Waals surface area contributed by atoms with Gasteiger partial charge in [0.15, 0.2) is 0 Å². The first kappa shape index (κ1) is 22.1. The van der Waals surface area contributed by atoms with Crippen LogP contribution in [0.1, 0.15) is 47.9 Å². The Bertz CT molecular complexity index is 1100. The van der Waals surface area contributed by atoms with Crippen molar-refractivity contribution in [3.63, 3.8) is 0 Å². The lowest BCUT2D eigenvalue weighted by atomic mass is 10.0. The first-order chi connectivity index (χ1) is 15.1. The normalized spacial score (nSPS) is 13.9. The number of hydrogen-bond donors (Lipinski definition) is 4. The second kappa shape index (κ2) is 8.64. The zero-order valence-electron chi connectivity index (χ0n) is 16.2. The molecule has 4 N–H and O–H groups in total. The first-order valence-corrected chi connectivity index (χ1v) is 9.05. The highest BCUT2D eigenvalue weighted by atomic mass is 16.7. The van der Waals surface area contributed by atoms with Gasteiger partial charge in [-0.05, 0) is 42.5 Å². The van der Waals surface area contributed by atoms with Crippen LogP contribution in [-0.2, 0) is 0 Å². The summed E-state index contributed by atoms with van der Waals surface area (Å²) in [6.07, 6.45) is 6.63. The van der Waals surface area contributed by atoms with Gasteiger partial charge in [-0.2, -0.15) is 0 Å². The van der Waals surface area contributed by atoms with E-state index in [1.165, 1.54) is 18.2 Å². The summed E-state index contributed by atoms with van der Waals surface area (Å²) in [5, 5.41) is 37.0. The standard InChI is InChI=1S/C22H16O10/c23-18(24)14-6-4-12(10-16(14)20(27)28)31-22(8-2-1-3-9-22)32-13-5-7-15(19(25)26)17(11-13)21(29)30/h1-8,10-11H,9H2,(H,23,24)(H,25,26)(H,27,28)(H,29,30). The Hall–Kier alpha value is -4.60. The number of carbonyl (C=O) groups is 4. The molecule has 10 heteroatoms. The maximum atomic E-state index is 11.5. The fourth-order valence-corrected chi connectivity index (χ4v) is 3.05. The van der Waals surface area contributed by atoms with Crippen LogP contribution in [-0.4, -0.2) is 50.1 Å². The summed E-state index contributed by atoms with van der Waals surface area (Å²) >= 11 is 0. The highest BCUT2D eigenvalue weighted by Gasteiger charge is 2.33. The van der Waals surface area contributed by atoms with Crippen LogP contribution in [0.15, 0.2) is 60.7 Å². The van der Waals surface area contributed by atoms with E-state index in [0.717, 1.165) is 24.3 Å². The summed E-state index contributed by atoms with van der Waals surface area (Å²) in [4.78, 5) is 45.4. The van der Waals surface area contributed by atoms with Crippen molar-refractivity contribution in [1.29, 1.82) is 0 Å². The molecule has 32 heavy (non-hydrogen) atoms. The summed E-state index contributed by atoms with van der Waals surface area (Å²) in [5.74, 6) is -7.30. The zero-order valence-corrected chi connectivity index (χ0v) is 16.2. The third-order valence-electron chi connectivity index (χ3n) is 4.48. The quantitative estimate of drug-likeness (QED) is 0.448. The van der Waals surface area contributed by atoms with Crippen molar-refractivity contribution in [3.05, 3.63) is 83.0 Å². The highest BCUT2D eigenvalue weighted by molar-refractivity contribution is 6.02. The van der Waals surface area contributed by atoms with Gasteiger partial charge in [-0.3, -0.25) is 0 Å². The molecule has 0 saturated carbocycles. The molecule has 0 atom stereocenters. The lowest BCUT2D eigenvalue weighted by Crippen LogP contribution is -2.41. The molecule has 164 valence electrons. The molecule has 1 aliphatic carbocycles. The molecule has 0 unspecified atom stereocenters. The minimum absolute atomic E-state index is 0.00651. The van der Waals surface area contributed by atoms with Gasteiger partial charge in [0.1, 0.15) is 11.5 Å². The molecule has 0 bridgehead atoms. The largest absolute Gasteiger partial charge is 0.478 e. The number of benzene rings is 2. The molecule has 10 nitrogen and oxygen atoms in total. The van der Waals surface area contributed by atoms with Gasteiger partial charge in [0.25, 0.3) is 5.79 Å². The Morgan fingerprint density at radius 2 is 1.09 bits per heavy atom. The van der Waals surface area contributed by atoms with Crippen LogP contribution in [0.2, 0.25) is 0 Å². The predicted molar refractivity (Wildman–Crippen MR) is 108 cm³/mol. The van der Waals surface area contributed by atoms with Gasteiger partial charge in [-0.25, -0.2) is 19.2 Å². The maximum absolute atomic E-state index is 11.5. The molecule has 0 spiro atoms. The highest BCUT2D eigenvalue weighted by Crippen LogP contribution is 2.31. The molecule has 0 amide bonds. The molecule has 0 aliphatic heterocycles. The van der Waals surface area contributed by atoms with Crippen molar-refractivity contribution >= 4 is 23.9 Å². The molecule has 0 radical (unpaired) electrons. The zero-order chi connectivity index (χ0) is 23.5. The Labute approximate surface area is 180 Å². The van der Waals surface area contributed by atoms with Crippen LogP contribution in [0.5, 0.6) is 11.5 Å². The number of allylic oxidation sites excluding steroid dienone is 2. The lowest BCUT2D eigenvalue weighted by molar-refractivity contribution is -0.0688. The van der Waals surface area contributed by atoms with Crippen molar-refractivity contribution in [1.82, 2.24) is 0 Å². The van der Waals surface area contributed by atoms with Crippen LogP contribution in [0.3, 0.4) is 0 Å². The Balaban J connectivity index is 1.99. The van der Waals surface area contributed by atoms with Gasteiger partial charge in [0, 0.05) is 6.42 Å². The third-order valence-corrected chi connectivity index (χ3v) is 4.48. The van der Waals surface area contributed by atoms with Crippen molar-refractivity contribution in [2.75, 3.05) is 0 Å². The van der Waals surface area contributed by atoms with Crippen LogP contribution >= 0.6 is 0 Å². The van der Waals surface area contributed by atoms with Gasteiger partial charge in [0.05, 0.1) is 22.3 Å². The van der Waals surface area contributed by atoms with Crippen LogP contribution in [0.4, 0.5) is 0 Å². The summed E-state index contributed by atoms with van der Waals surface area (Å²) in [7, 11) is 0. The van der Waals surface area contributed by atoms with Crippen molar-refractivity contribution in [2.45, 2.75) is 12.2 Å². The molecule has 2 aromatic carbocycles. The van der Waals surface area contributed by atoms with E-state index < -0.39 is 51.9 Å². The minimum Gasteiger partial charge on any atom is -0.478 e. The van der Waals surface area contributed by atoms with Crippen molar-refractivity contribution < 1.29 is 49.1 Å². The first-order valence-electron chi connectivity index (χ1n) is 9.05. The van der Waals surface area contributed by atoms with E-state index in [1.807, 2.05) is 0 Å². The summed E-state index contributed by atoms with van der Waals surface area (Å²) < 4.78 is 11.7. The average Bonchev–Trinajstić information content (AvgIpc) is 2.73. The van der Waals surface area contributed by atoms with E-state index in [4.69, 9.17) is 19.7 Å². The fourth-order valence-electron chi connectivity index (χ4n) is 3.05. The summed E-state index contributed by atoms with van der Waals surface area (Å²) in [6.45, 7) is 0. The molecular weight excluding hydrogens is 424 g/mol. The fraction of sp³-hybridized carbons (Fsp3) is 0.0909. The van der Waals surface area contributed by atoms with E-state index in [9.17, 15) is 29.4 Å². The van der Waals surface area contributed by atoms with Gasteiger partial charge in [-0.15, -0.1) is 0 Å². The number of rotatable bonds is 8. The number of hydrogen-bond acceptors (Lipinski definition) is 6. The minimum atomic E-state index is -1.53. The Morgan fingerprint density at radius 1 is 0.656 bits per heavy atom. The van der Waals surface area contributed by atoms with Gasteiger partial charge in [-0.1, -0.05) is 18.2 Å². The molecule has 0 fully saturated rings.